The van der Waals surface area contributed by atoms with Crippen LogP contribution in [0.3, 0.4) is 0 Å². The molecule has 0 saturated heterocycles. The molecule has 0 amide bonds. The fourth-order valence-corrected chi connectivity index (χ4v) is 7.57. The molecule has 0 aliphatic heterocycles. The van der Waals surface area contributed by atoms with Gasteiger partial charge >= 0.3 is 17.9 Å². The third kappa shape index (κ3) is 59.8. The van der Waals surface area contributed by atoms with Crippen LogP contribution in [0, 0.1) is 0 Å². The minimum absolute atomic E-state index is 0.115. The van der Waals surface area contributed by atoms with Crippen molar-refractivity contribution in [1.82, 2.24) is 0 Å². The number of carbonyl (C=O) groups excluding carboxylic acids is 3. The topological polar surface area (TPSA) is 78.9 Å². The fourth-order valence-electron chi connectivity index (χ4n) is 7.57. The summed E-state index contributed by atoms with van der Waals surface area (Å²) in [5, 5.41) is 0. The number of hydrogen-bond donors (Lipinski definition) is 0. The highest BCUT2D eigenvalue weighted by atomic mass is 16.6. The Morgan fingerprint density at radius 3 is 0.880 bits per heavy atom. The molecule has 0 radical (unpaired) electrons. The summed E-state index contributed by atoms with van der Waals surface area (Å²) in [6.45, 7) is 6.31. The summed E-state index contributed by atoms with van der Waals surface area (Å²) >= 11 is 0. The van der Waals surface area contributed by atoms with Crippen LogP contribution in [0.4, 0.5) is 0 Å². The molecule has 0 aliphatic rings. The van der Waals surface area contributed by atoms with Crippen molar-refractivity contribution in [2.24, 2.45) is 0 Å². The van der Waals surface area contributed by atoms with Gasteiger partial charge in [-0.1, -0.05) is 237 Å². The average molecular weight is 1030 g/mol. The van der Waals surface area contributed by atoms with Crippen molar-refractivity contribution in [2.75, 3.05) is 13.2 Å². The summed E-state index contributed by atoms with van der Waals surface area (Å²) in [6.07, 6.45) is 89.5. The molecule has 0 bridgehead atoms. The Kier molecular flexibility index (Phi) is 57.5. The van der Waals surface area contributed by atoms with Gasteiger partial charge < -0.3 is 14.2 Å². The maximum Gasteiger partial charge on any atom is 0.306 e. The van der Waals surface area contributed by atoms with Crippen LogP contribution in [-0.4, -0.2) is 37.2 Å². The highest BCUT2D eigenvalue weighted by molar-refractivity contribution is 5.71. The number of allylic oxidation sites excluding steroid dienone is 26. The quantitative estimate of drug-likeness (QED) is 0.0261. The predicted molar refractivity (Wildman–Crippen MR) is 325 cm³/mol. The third-order valence-corrected chi connectivity index (χ3v) is 12.0. The van der Waals surface area contributed by atoms with Gasteiger partial charge in [0.15, 0.2) is 6.10 Å². The molecule has 75 heavy (non-hydrogen) atoms. The summed E-state index contributed by atoms with van der Waals surface area (Å²) in [5.41, 5.74) is 0. The van der Waals surface area contributed by atoms with Gasteiger partial charge in [0, 0.05) is 19.3 Å². The van der Waals surface area contributed by atoms with Crippen molar-refractivity contribution in [3.63, 3.8) is 0 Å². The number of unbranched alkanes of at least 4 members (excludes halogenated alkanes) is 15. The first-order valence-electron chi connectivity index (χ1n) is 30.0. The van der Waals surface area contributed by atoms with E-state index in [1.54, 1.807) is 0 Å². The normalized spacial score (nSPS) is 13.3. The molecule has 0 saturated carbocycles. The molecule has 0 aromatic heterocycles. The van der Waals surface area contributed by atoms with Crippen LogP contribution in [0.25, 0.3) is 0 Å². The van der Waals surface area contributed by atoms with Crippen molar-refractivity contribution in [2.45, 2.75) is 245 Å². The zero-order chi connectivity index (χ0) is 54.3. The van der Waals surface area contributed by atoms with Crippen LogP contribution in [0.1, 0.15) is 239 Å². The summed E-state index contributed by atoms with van der Waals surface area (Å²) in [5.74, 6) is -1.01. The molecule has 1 atom stereocenters. The first kappa shape index (κ1) is 70.0. The van der Waals surface area contributed by atoms with E-state index in [9.17, 15) is 14.4 Å². The van der Waals surface area contributed by atoms with Gasteiger partial charge in [-0.2, -0.15) is 0 Å². The highest BCUT2D eigenvalue weighted by Crippen LogP contribution is 2.13. The molecule has 6 nitrogen and oxygen atoms in total. The number of rotatable bonds is 52. The van der Waals surface area contributed by atoms with E-state index < -0.39 is 6.10 Å². The zero-order valence-corrected chi connectivity index (χ0v) is 48.0. The second-order valence-electron chi connectivity index (χ2n) is 19.1. The van der Waals surface area contributed by atoms with Crippen molar-refractivity contribution in [3.05, 3.63) is 158 Å². The molecule has 0 aromatic rings. The van der Waals surface area contributed by atoms with Crippen molar-refractivity contribution in [3.8, 4) is 0 Å². The Hall–Kier alpha value is -4.97. The van der Waals surface area contributed by atoms with Crippen LogP contribution in [0.15, 0.2) is 158 Å². The zero-order valence-electron chi connectivity index (χ0n) is 48.0. The van der Waals surface area contributed by atoms with Gasteiger partial charge in [0.05, 0.1) is 0 Å². The van der Waals surface area contributed by atoms with E-state index in [4.69, 9.17) is 14.2 Å². The Morgan fingerprint density at radius 1 is 0.280 bits per heavy atom. The van der Waals surface area contributed by atoms with Crippen LogP contribution >= 0.6 is 0 Å². The Morgan fingerprint density at radius 2 is 0.533 bits per heavy atom. The number of esters is 3. The van der Waals surface area contributed by atoms with Crippen molar-refractivity contribution in [1.29, 1.82) is 0 Å². The smallest absolute Gasteiger partial charge is 0.306 e. The van der Waals surface area contributed by atoms with E-state index in [1.165, 1.54) is 38.5 Å². The highest BCUT2D eigenvalue weighted by Gasteiger charge is 2.19. The molecule has 420 valence electrons. The molecular weight excluding hydrogens is 925 g/mol. The lowest BCUT2D eigenvalue weighted by Crippen LogP contribution is -2.30. The molecule has 0 aromatic carbocycles. The van der Waals surface area contributed by atoms with Crippen molar-refractivity contribution >= 4 is 17.9 Å². The molecule has 0 N–H and O–H groups in total. The fraction of sp³-hybridized carbons (Fsp3) is 0.580. The van der Waals surface area contributed by atoms with Crippen LogP contribution in [0.5, 0.6) is 0 Å². The molecule has 6 heteroatoms. The minimum Gasteiger partial charge on any atom is -0.462 e. The maximum absolute atomic E-state index is 12.9. The van der Waals surface area contributed by atoms with Crippen LogP contribution < -0.4 is 0 Å². The summed E-state index contributed by atoms with van der Waals surface area (Å²) in [4.78, 5) is 38.2. The maximum atomic E-state index is 12.9. The molecule has 0 aliphatic carbocycles. The minimum atomic E-state index is -0.824. The van der Waals surface area contributed by atoms with Gasteiger partial charge in [-0.05, 0) is 141 Å². The monoisotopic (exact) mass is 1030 g/mol. The van der Waals surface area contributed by atoms with Gasteiger partial charge in [0.1, 0.15) is 13.2 Å². The molecule has 0 spiro atoms. The van der Waals surface area contributed by atoms with E-state index in [0.717, 1.165) is 154 Å². The van der Waals surface area contributed by atoms with Crippen molar-refractivity contribution < 1.29 is 28.6 Å². The standard InChI is InChI=1S/C69H108O6/c1-4-7-10-13-16-19-22-25-27-29-31-33-34-36-37-39-41-44-47-50-53-56-59-62-68(71)74-65-66(64-73-67(70)61-58-55-52-49-46-43-24-21-18-15-12-9-6-3)75-69(72)63-60-57-54-51-48-45-42-40-38-35-32-30-28-26-23-20-17-14-11-8-5-2/h7-8,10-11,16-17,19-21,24-28,31-33,35-37,40-42,44,50,53,66H,4-6,9,12-15,18,22-23,29-30,34,38-39,43,45-49,51-52,54-65H2,1-3H3/b10-7-,11-8-,19-16-,20-17-,24-21-,27-25-,28-26-,33-31-,35-32-,37-36-,42-40-,44-41-,53-50-. The van der Waals surface area contributed by atoms with Gasteiger partial charge in [0.2, 0.25) is 0 Å². The lowest BCUT2D eigenvalue weighted by molar-refractivity contribution is -0.167. The SMILES string of the molecule is CC/C=C\C/C=C\C/C=C\C/C=C\C/C=C\C/C=C\C/C=C\CCCC(=O)OCC(COC(=O)CCCCCCC/C=C\CCCCCC)OC(=O)CCCCCCC/C=C\C/C=C\C/C=C\C/C=C\C/C=C\CC. The number of hydrogen-bond acceptors (Lipinski definition) is 6. The first-order valence-corrected chi connectivity index (χ1v) is 30.0. The lowest BCUT2D eigenvalue weighted by atomic mass is 10.1. The second-order valence-corrected chi connectivity index (χ2v) is 19.1. The van der Waals surface area contributed by atoms with Crippen LogP contribution in [0.2, 0.25) is 0 Å². The molecular formula is C69H108O6. The Bertz CT molecular complexity index is 1710. The van der Waals surface area contributed by atoms with Gasteiger partial charge in [0.25, 0.3) is 0 Å². The van der Waals surface area contributed by atoms with E-state index >= 15 is 0 Å². The molecule has 1 unspecified atom stereocenters. The summed E-state index contributed by atoms with van der Waals surface area (Å²) in [7, 11) is 0. The van der Waals surface area contributed by atoms with Crippen LogP contribution in [-0.2, 0) is 28.6 Å². The Labute approximate surface area is 460 Å². The van der Waals surface area contributed by atoms with Gasteiger partial charge in [-0.25, -0.2) is 0 Å². The summed E-state index contributed by atoms with van der Waals surface area (Å²) < 4.78 is 16.8. The molecule has 0 fully saturated rings. The lowest BCUT2D eigenvalue weighted by Gasteiger charge is -2.18. The largest absolute Gasteiger partial charge is 0.462 e. The second kappa shape index (κ2) is 61.6. The molecule has 0 heterocycles. The summed E-state index contributed by atoms with van der Waals surface area (Å²) in [6, 6.07) is 0. The van der Waals surface area contributed by atoms with Gasteiger partial charge in [-0.15, -0.1) is 0 Å². The molecule has 0 rings (SSSR count). The number of carbonyl (C=O) groups is 3. The van der Waals surface area contributed by atoms with Gasteiger partial charge in [-0.3, -0.25) is 14.4 Å². The van der Waals surface area contributed by atoms with E-state index in [2.05, 4.69) is 179 Å². The van der Waals surface area contributed by atoms with E-state index in [-0.39, 0.29) is 44.0 Å². The third-order valence-electron chi connectivity index (χ3n) is 12.0. The van der Waals surface area contributed by atoms with E-state index in [1.807, 2.05) is 0 Å². The average Bonchev–Trinajstić information content (AvgIpc) is 3.41. The van der Waals surface area contributed by atoms with E-state index in [0.29, 0.717) is 12.8 Å². The first-order chi connectivity index (χ1) is 37.0. The Balaban J connectivity index is 4.54. The predicted octanol–water partition coefficient (Wildman–Crippen LogP) is 20.5. The number of ether oxygens (including phenoxy) is 3.